The molecule has 0 bridgehead atoms. The van der Waals surface area contributed by atoms with Crippen LogP contribution in [0.3, 0.4) is 0 Å². The lowest BCUT2D eigenvalue weighted by Gasteiger charge is -2.61. The molecule has 5 aliphatic rings. The molecule has 0 amide bonds. The highest BCUT2D eigenvalue weighted by atomic mass is 16.6. The van der Waals surface area contributed by atoms with Crippen LogP contribution in [0, 0.1) is 58.2 Å². The summed E-state index contributed by atoms with van der Waals surface area (Å²) in [5, 5.41) is 20.8. The van der Waals surface area contributed by atoms with Crippen LogP contribution in [0.25, 0.3) is 0 Å². The minimum atomic E-state index is -1.12. The summed E-state index contributed by atoms with van der Waals surface area (Å²) in [7, 11) is 0. The van der Waals surface area contributed by atoms with Crippen molar-refractivity contribution in [3.05, 3.63) is 0 Å². The van der Waals surface area contributed by atoms with Crippen LogP contribution in [-0.2, 0) is 28.5 Å². The first-order valence-electron chi connectivity index (χ1n) is 19.8. The standard InChI is InChI=1S/C40H68O8/c1-8-45-37-26(5)38(44)48-33(36(37)43)23-46-34(41)16-17-35(42)47-28-18-20-39(6)27(22-28)12-13-29-31-15-14-30(25(4)11-9-10-24(2)3)40(31,7)21-19-32(29)39/h24-33,36-38,43-44H,8-23H2,1-7H3/t25-,26?,27?,28+,29?,30-,31?,32?,33?,36+,37-,38?,39+,40-/m1/s1. The van der Waals surface area contributed by atoms with Crippen LogP contribution in [0.4, 0.5) is 0 Å². The molecule has 48 heavy (non-hydrogen) atoms. The van der Waals surface area contributed by atoms with Crippen molar-refractivity contribution >= 4 is 11.9 Å². The van der Waals surface area contributed by atoms with Gasteiger partial charge in [-0.3, -0.25) is 9.59 Å². The Morgan fingerprint density at radius 3 is 2.33 bits per heavy atom. The average molecular weight is 677 g/mol. The quantitative estimate of drug-likeness (QED) is 0.194. The van der Waals surface area contributed by atoms with Gasteiger partial charge in [0.05, 0.1) is 18.9 Å². The molecule has 14 atom stereocenters. The maximum atomic E-state index is 12.8. The minimum absolute atomic E-state index is 0.0331. The number of carbonyl (C=O) groups is 2. The third-order valence-corrected chi connectivity index (χ3v) is 14.4. The summed E-state index contributed by atoms with van der Waals surface area (Å²) in [6.07, 6.45) is 11.4. The van der Waals surface area contributed by atoms with E-state index in [1.807, 2.05) is 6.92 Å². The third-order valence-electron chi connectivity index (χ3n) is 14.4. The molecule has 7 unspecified atom stereocenters. The summed E-state index contributed by atoms with van der Waals surface area (Å²) in [6, 6.07) is 0. The van der Waals surface area contributed by atoms with E-state index in [1.165, 1.54) is 57.8 Å². The van der Waals surface area contributed by atoms with Crippen LogP contribution < -0.4 is 0 Å². The van der Waals surface area contributed by atoms with Crippen LogP contribution in [-0.4, -0.2) is 66.1 Å². The lowest BCUT2D eigenvalue weighted by Crippen LogP contribution is -2.56. The van der Waals surface area contributed by atoms with E-state index in [0.29, 0.717) is 23.4 Å². The number of esters is 2. The summed E-state index contributed by atoms with van der Waals surface area (Å²) in [6.45, 7) is 16.2. The van der Waals surface area contributed by atoms with Crippen molar-refractivity contribution < 1.29 is 38.7 Å². The topological polar surface area (TPSA) is 112 Å². The Kier molecular flexibility index (Phi) is 12.7. The van der Waals surface area contributed by atoms with Gasteiger partial charge >= 0.3 is 11.9 Å². The van der Waals surface area contributed by atoms with E-state index in [-0.39, 0.29) is 31.5 Å². The first kappa shape index (κ1) is 38.0. The van der Waals surface area contributed by atoms with Crippen LogP contribution in [0.5, 0.6) is 0 Å². The molecule has 276 valence electrons. The fourth-order valence-electron chi connectivity index (χ4n) is 11.7. The monoisotopic (exact) mass is 676 g/mol. The van der Waals surface area contributed by atoms with E-state index >= 15 is 0 Å². The SMILES string of the molecule is CCO[C@@H]1C(C)C(O)OC(COC(=O)CCC(=O)O[C@H]2CC[C@@]3(C)C(CCC4C3CC[C@@]3(C)C4CC[C@@H]3[C@H](C)CCCC(C)C)C2)[C@@H]1O. The van der Waals surface area contributed by atoms with Crippen molar-refractivity contribution in [2.45, 2.75) is 169 Å². The molecule has 8 nitrogen and oxygen atoms in total. The van der Waals surface area contributed by atoms with Gasteiger partial charge < -0.3 is 29.2 Å². The van der Waals surface area contributed by atoms with Gasteiger partial charge in [0.15, 0.2) is 6.29 Å². The maximum Gasteiger partial charge on any atom is 0.306 e. The minimum Gasteiger partial charge on any atom is -0.463 e. The van der Waals surface area contributed by atoms with E-state index in [0.717, 1.165) is 54.8 Å². The predicted molar refractivity (Wildman–Crippen MR) is 185 cm³/mol. The summed E-state index contributed by atoms with van der Waals surface area (Å²) in [5.41, 5.74) is 0.834. The van der Waals surface area contributed by atoms with Crippen LogP contribution in [0.2, 0.25) is 0 Å². The zero-order valence-electron chi connectivity index (χ0n) is 31.2. The molecule has 4 aliphatic carbocycles. The van der Waals surface area contributed by atoms with Gasteiger partial charge in [-0.25, -0.2) is 0 Å². The molecule has 0 aromatic rings. The molecule has 1 heterocycles. The van der Waals surface area contributed by atoms with Gasteiger partial charge in [0, 0.05) is 12.5 Å². The van der Waals surface area contributed by atoms with E-state index in [4.69, 9.17) is 18.9 Å². The Labute approximate surface area is 290 Å². The van der Waals surface area contributed by atoms with Gasteiger partial charge in [-0.15, -0.1) is 0 Å². The molecule has 2 N–H and O–H groups in total. The normalized spacial score (nSPS) is 43.2. The Balaban J connectivity index is 1.06. The molecule has 0 radical (unpaired) electrons. The summed E-state index contributed by atoms with van der Waals surface area (Å²) < 4.78 is 22.3. The van der Waals surface area contributed by atoms with Gasteiger partial charge in [-0.1, -0.05) is 60.8 Å². The number of fused-ring (bicyclic) bond motifs is 5. The zero-order chi connectivity index (χ0) is 34.8. The van der Waals surface area contributed by atoms with Gasteiger partial charge in [0.1, 0.15) is 24.9 Å². The van der Waals surface area contributed by atoms with Gasteiger partial charge in [0.2, 0.25) is 0 Å². The zero-order valence-corrected chi connectivity index (χ0v) is 31.2. The molecular weight excluding hydrogens is 608 g/mol. The number of hydrogen-bond acceptors (Lipinski definition) is 8. The Morgan fingerprint density at radius 2 is 1.60 bits per heavy atom. The molecular formula is C40H68O8. The molecule has 0 aromatic heterocycles. The Hall–Kier alpha value is -1.22. The number of ether oxygens (including phenoxy) is 4. The van der Waals surface area contributed by atoms with Crippen molar-refractivity contribution in [1.29, 1.82) is 0 Å². The fraction of sp³-hybridized carbons (Fsp3) is 0.950. The fourth-order valence-corrected chi connectivity index (χ4v) is 11.7. The van der Waals surface area contributed by atoms with Gasteiger partial charge in [0.25, 0.3) is 0 Å². The maximum absolute atomic E-state index is 12.8. The number of carbonyl (C=O) groups excluding carboxylic acids is 2. The molecule has 1 saturated heterocycles. The molecule has 5 fully saturated rings. The average Bonchev–Trinajstić information content (AvgIpc) is 3.40. The molecule has 5 rings (SSSR count). The van der Waals surface area contributed by atoms with Gasteiger partial charge in [-0.2, -0.15) is 0 Å². The number of rotatable bonds is 13. The van der Waals surface area contributed by atoms with Crippen LogP contribution in [0.15, 0.2) is 0 Å². The summed E-state index contributed by atoms with van der Waals surface area (Å²) in [5.74, 6) is 4.30. The second kappa shape index (κ2) is 16.0. The first-order chi connectivity index (χ1) is 22.8. The van der Waals surface area contributed by atoms with Crippen molar-refractivity contribution in [2.75, 3.05) is 13.2 Å². The predicted octanol–water partition coefficient (Wildman–Crippen LogP) is 7.46. The molecule has 0 aromatic carbocycles. The molecule has 8 heteroatoms. The van der Waals surface area contributed by atoms with E-state index in [2.05, 4.69) is 34.6 Å². The lowest BCUT2D eigenvalue weighted by molar-refractivity contribution is -0.275. The molecule has 0 spiro atoms. The highest BCUT2D eigenvalue weighted by molar-refractivity contribution is 5.77. The second-order valence-corrected chi connectivity index (χ2v) is 17.6. The van der Waals surface area contributed by atoms with Crippen LogP contribution in [0.1, 0.15) is 138 Å². The summed E-state index contributed by atoms with van der Waals surface area (Å²) >= 11 is 0. The highest BCUT2D eigenvalue weighted by Gasteiger charge is 2.60. The smallest absolute Gasteiger partial charge is 0.306 e. The number of hydrogen-bond donors (Lipinski definition) is 2. The number of aliphatic hydroxyl groups is 2. The van der Waals surface area contributed by atoms with Crippen molar-refractivity contribution in [3.63, 3.8) is 0 Å². The summed E-state index contributed by atoms with van der Waals surface area (Å²) in [4.78, 5) is 25.3. The highest BCUT2D eigenvalue weighted by Crippen LogP contribution is 2.68. The first-order valence-corrected chi connectivity index (χ1v) is 19.8. The molecule has 4 saturated carbocycles. The van der Waals surface area contributed by atoms with Crippen molar-refractivity contribution in [2.24, 2.45) is 58.2 Å². The Morgan fingerprint density at radius 1 is 0.896 bits per heavy atom. The third kappa shape index (κ3) is 7.97. The lowest BCUT2D eigenvalue weighted by atomic mass is 9.44. The van der Waals surface area contributed by atoms with E-state index in [1.54, 1.807) is 6.92 Å². The molecule has 1 aliphatic heterocycles. The van der Waals surface area contributed by atoms with Crippen molar-refractivity contribution in [3.8, 4) is 0 Å². The Bertz CT molecular complexity index is 1080. The van der Waals surface area contributed by atoms with Crippen LogP contribution >= 0.6 is 0 Å². The van der Waals surface area contributed by atoms with Gasteiger partial charge in [-0.05, 0) is 117 Å². The number of aliphatic hydroxyl groups excluding tert-OH is 2. The second-order valence-electron chi connectivity index (χ2n) is 17.6. The van der Waals surface area contributed by atoms with Crippen molar-refractivity contribution in [1.82, 2.24) is 0 Å². The van der Waals surface area contributed by atoms with E-state index < -0.39 is 36.5 Å². The largest absolute Gasteiger partial charge is 0.463 e. The van der Waals surface area contributed by atoms with E-state index in [9.17, 15) is 19.8 Å².